The summed E-state index contributed by atoms with van der Waals surface area (Å²) in [6.07, 6.45) is 2.25. The summed E-state index contributed by atoms with van der Waals surface area (Å²) >= 11 is 5.98. The van der Waals surface area contributed by atoms with Gasteiger partial charge in [0.25, 0.3) is 0 Å². The number of benzene rings is 1. The molecule has 1 aliphatic heterocycles. The number of carboxylic acid groups (broad SMARTS) is 1. The summed E-state index contributed by atoms with van der Waals surface area (Å²) in [5.74, 6) is -0.836. The molecule has 0 unspecified atom stereocenters. The maximum Gasteiger partial charge on any atom is 0.410 e. The van der Waals surface area contributed by atoms with E-state index in [0.717, 1.165) is 5.56 Å². The lowest BCUT2D eigenvalue weighted by atomic mass is 9.74. The van der Waals surface area contributed by atoms with Crippen LogP contribution in [0.3, 0.4) is 0 Å². The maximum atomic E-state index is 11.8. The number of nitrogens with zero attached hydrogens (tertiary/aromatic N) is 1. The van der Waals surface area contributed by atoms with Gasteiger partial charge in [-0.05, 0) is 37.0 Å². The second kappa shape index (κ2) is 7.51. The predicted octanol–water partition coefficient (Wildman–Crippen LogP) is 3.37. The molecule has 1 aromatic carbocycles. The minimum absolute atomic E-state index is 0.155. The van der Waals surface area contributed by atoms with Crippen molar-refractivity contribution in [2.24, 2.45) is 5.41 Å². The third-order valence-corrected chi connectivity index (χ3v) is 4.42. The van der Waals surface area contributed by atoms with E-state index in [1.54, 1.807) is 17.0 Å². The Balaban J connectivity index is 2.05. The summed E-state index contributed by atoms with van der Waals surface area (Å²) in [6, 6.07) is 7.24. The largest absolute Gasteiger partial charge is 0.481 e. The number of hydrogen-bond donors (Lipinski definition) is 1. The van der Waals surface area contributed by atoms with Crippen LogP contribution in [0.1, 0.15) is 18.4 Å². The van der Waals surface area contributed by atoms with Crippen LogP contribution in [0.2, 0.25) is 5.02 Å². The van der Waals surface area contributed by atoms with E-state index in [0.29, 0.717) is 37.4 Å². The fourth-order valence-electron chi connectivity index (χ4n) is 2.84. The van der Waals surface area contributed by atoms with Crippen LogP contribution in [0, 0.1) is 5.41 Å². The number of carboxylic acids is 1. The molecule has 124 valence electrons. The van der Waals surface area contributed by atoms with Gasteiger partial charge >= 0.3 is 12.1 Å². The van der Waals surface area contributed by atoms with Gasteiger partial charge in [0.05, 0.1) is 5.41 Å². The highest BCUT2D eigenvalue weighted by Gasteiger charge is 2.42. The van der Waals surface area contributed by atoms with E-state index in [1.807, 2.05) is 12.1 Å². The number of aliphatic carboxylic acids is 1. The summed E-state index contributed by atoms with van der Waals surface area (Å²) < 4.78 is 5.00. The van der Waals surface area contributed by atoms with Gasteiger partial charge in [-0.15, -0.1) is 0 Å². The molecule has 1 heterocycles. The molecule has 1 fully saturated rings. The summed E-state index contributed by atoms with van der Waals surface area (Å²) in [7, 11) is 0. The topological polar surface area (TPSA) is 66.8 Å². The molecule has 0 radical (unpaired) electrons. The fraction of sp³-hybridized carbons (Fsp3) is 0.412. The first-order valence-corrected chi connectivity index (χ1v) is 7.85. The van der Waals surface area contributed by atoms with Gasteiger partial charge in [0.15, 0.2) is 0 Å². The zero-order chi connectivity index (χ0) is 16.9. The first-order chi connectivity index (χ1) is 11.0. The van der Waals surface area contributed by atoms with Crippen LogP contribution >= 0.6 is 11.6 Å². The van der Waals surface area contributed by atoms with Crippen molar-refractivity contribution in [3.05, 3.63) is 47.5 Å². The molecular weight excluding hydrogens is 318 g/mol. The van der Waals surface area contributed by atoms with Gasteiger partial charge in [0.2, 0.25) is 0 Å². The molecule has 2 rings (SSSR count). The number of likely N-dealkylation sites (tertiary alicyclic amines) is 1. The smallest absolute Gasteiger partial charge is 0.410 e. The molecule has 0 bridgehead atoms. The highest BCUT2D eigenvalue weighted by Crippen LogP contribution is 2.36. The van der Waals surface area contributed by atoms with E-state index in [4.69, 9.17) is 16.3 Å². The summed E-state index contributed by atoms with van der Waals surface area (Å²) in [5.41, 5.74) is 0.0162. The monoisotopic (exact) mass is 337 g/mol. The average Bonchev–Trinajstić information content (AvgIpc) is 2.53. The van der Waals surface area contributed by atoms with Gasteiger partial charge in [-0.3, -0.25) is 4.79 Å². The number of hydrogen-bond acceptors (Lipinski definition) is 3. The summed E-state index contributed by atoms with van der Waals surface area (Å²) in [6.45, 7) is 4.38. The minimum Gasteiger partial charge on any atom is -0.481 e. The molecule has 0 aliphatic carbocycles. The van der Waals surface area contributed by atoms with E-state index in [9.17, 15) is 14.7 Å². The molecule has 5 nitrogen and oxygen atoms in total. The number of ether oxygens (including phenoxy) is 1. The average molecular weight is 338 g/mol. The molecule has 23 heavy (non-hydrogen) atoms. The molecule has 0 atom stereocenters. The number of amides is 1. The lowest BCUT2D eigenvalue weighted by Gasteiger charge is -2.38. The zero-order valence-electron chi connectivity index (χ0n) is 12.8. The van der Waals surface area contributed by atoms with Crippen LogP contribution in [0.25, 0.3) is 0 Å². The van der Waals surface area contributed by atoms with E-state index in [-0.39, 0.29) is 6.61 Å². The molecule has 1 saturated heterocycles. The van der Waals surface area contributed by atoms with Crippen LogP contribution in [0.4, 0.5) is 4.79 Å². The Bertz CT molecular complexity index is 594. The van der Waals surface area contributed by atoms with Gasteiger partial charge < -0.3 is 14.7 Å². The number of rotatable bonds is 5. The number of carbonyl (C=O) groups excluding carboxylic acids is 1. The molecule has 0 spiro atoms. The number of carbonyl (C=O) groups is 2. The highest BCUT2D eigenvalue weighted by molar-refractivity contribution is 6.30. The van der Waals surface area contributed by atoms with Crippen molar-refractivity contribution in [2.75, 3.05) is 19.7 Å². The molecule has 0 aromatic heterocycles. The van der Waals surface area contributed by atoms with Crippen molar-refractivity contribution < 1.29 is 19.4 Å². The van der Waals surface area contributed by atoms with Gasteiger partial charge in [0.1, 0.15) is 6.61 Å². The van der Waals surface area contributed by atoms with Crippen LogP contribution in [-0.2, 0) is 16.0 Å². The molecular formula is C17H20ClNO4. The van der Waals surface area contributed by atoms with Crippen molar-refractivity contribution in [3.63, 3.8) is 0 Å². The first-order valence-electron chi connectivity index (χ1n) is 7.47. The Labute approximate surface area is 140 Å². The molecule has 0 saturated carbocycles. The quantitative estimate of drug-likeness (QED) is 0.836. The molecule has 1 amide bonds. The van der Waals surface area contributed by atoms with Gasteiger partial charge in [0, 0.05) is 18.1 Å². The van der Waals surface area contributed by atoms with Crippen LogP contribution in [-0.4, -0.2) is 41.8 Å². The van der Waals surface area contributed by atoms with Crippen LogP contribution in [0.5, 0.6) is 0 Å². The normalized spacial score (nSPS) is 16.7. The Morgan fingerprint density at radius 2 is 2.09 bits per heavy atom. The zero-order valence-corrected chi connectivity index (χ0v) is 13.6. The Kier molecular flexibility index (Phi) is 5.66. The van der Waals surface area contributed by atoms with E-state index < -0.39 is 17.5 Å². The second-order valence-electron chi connectivity index (χ2n) is 5.74. The van der Waals surface area contributed by atoms with Gasteiger partial charge in [-0.25, -0.2) is 4.79 Å². The Hall–Kier alpha value is -2.01. The maximum absolute atomic E-state index is 11.8. The SMILES string of the molecule is C=CCOC(=O)N1CCC(Cc2cccc(Cl)c2)(C(=O)O)CC1. The standard InChI is InChI=1S/C17H20ClNO4/c1-2-10-23-16(22)19-8-6-17(7-9-19,15(20)21)12-13-4-3-5-14(18)11-13/h2-5,11H,1,6-10,12H2,(H,20,21). The summed E-state index contributed by atoms with van der Waals surface area (Å²) in [4.78, 5) is 25.2. The van der Waals surface area contributed by atoms with Crippen LogP contribution < -0.4 is 0 Å². The first kappa shape index (κ1) is 17.3. The van der Waals surface area contributed by atoms with Crippen molar-refractivity contribution in [2.45, 2.75) is 19.3 Å². The van der Waals surface area contributed by atoms with E-state index >= 15 is 0 Å². The summed E-state index contributed by atoms with van der Waals surface area (Å²) in [5, 5.41) is 10.3. The van der Waals surface area contributed by atoms with E-state index in [2.05, 4.69) is 6.58 Å². The predicted molar refractivity (Wildman–Crippen MR) is 87.6 cm³/mol. The van der Waals surface area contributed by atoms with E-state index in [1.165, 1.54) is 6.08 Å². The third kappa shape index (κ3) is 4.26. The lowest BCUT2D eigenvalue weighted by molar-refractivity contribution is -0.151. The van der Waals surface area contributed by atoms with Crippen molar-refractivity contribution in [3.8, 4) is 0 Å². The third-order valence-electron chi connectivity index (χ3n) is 4.19. The Morgan fingerprint density at radius 3 is 2.65 bits per heavy atom. The van der Waals surface area contributed by atoms with Crippen LogP contribution in [0.15, 0.2) is 36.9 Å². The van der Waals surface area contributed by atoms with Crippen molar-refractivity contribution in [1.82, 2.24) is 4.90 Å². The second-order valence-corrected chi connectivity index (χ2v) is 6.18. The van der Waals surface area contributed by atoms with Gasteiger partial charge in [-0.2, -0.15) is 0 Å². The highest BCUT2D eigenvalue weighted by atomic mass is 35.5. The number of piperidine rings is 1. The van der Waals surface area contributed by atoms with Gasteiger partial charge in [-0.1, -0.05) is 36.4 Å². The molecule has 6 heteroatoms. The minimum atomic E-state index is -0.875. The molecule has 1 N–H and O–H groups in total. The molecule has 1 aromatic rings. The molecule has 1 aliphatic rings. The number of halogens is 1. The van der Waals surface area contributed by atoms with Crippen molar-refractivity contribution >= 4 is 23.7 Å². The lowest BCUT2D eigenvalue weighted by Crippen LogP contribution is -2.47. The van der Waals surface area contributed by atoms with Crippen molar-refractivity contribution in [1.29, 1.82) is 0 Å². The Morgan fingerprint density at radius 1 is 1.39 bits per heavy atom. The fourth-order valence-corrected chi connectivity index (χ4v) is 3.06.